The Morgan fingerprint density at radius 3 is 2.52 bits per heavy atom. The maximum atomic E-state index is 10.4. The number of rotatable bonds is 4. The largest absolute Gasteiger partial charge is 0.508 e. The van der Waals surface area contributed by atoms with Gasteiger partial charge in [-0.1, -0.05) is 54.1 Å². The Balaban J connectivity index is 1.76. The van der Waals surface area contributed by atoms with Gasteiger partial charge in [-0.3, -0.25) is 10.3 Å². The van der Waals surface area contributed by atoms with E-state index >= 15 is 0 Å². The summed E-state index contributed by atoms with van der Waals surface area (Å²) >= 11 is 3.57. The summed E-state index contributed by atoms with van der Waals surface area (Å²) in [5, 5.41) is 14.0. The average Bonchev–Trinajstić information content (AvgIpc) is 2.74. The van der Waals surface area contributed by atoms with Gasteiger partial charge in [0.05, 0.1) is 11.6 Å². The van der Waals surface area contributed by atoms with E-state index in [1.54, 1.807) is 13.2 Å². The number of nitrogens with zero attached hydrogens (tertiary/aromatic N) is 1. The van der Waals surface area contributed by atoms with Crippen molar-refractivity contribution in [1.29, 1.82) is 0 Å². The van der Waals surface area contributed by atoms with Gasteiger partial charge in [0.2, 0.25) is 0 Å². The van der Waals surface area contributed by atoms with Gasteiger partial charge in [-0.05, 0) is 52.2 Å². The number of methoxy groups -OCH3 is 1. The lowest BCUT2D eigenvalue weighted by atomic mass is 9.93. The molecule has 29 heavy (non-hydrogen) atoms. The van der Waals surface area contributed by atoms with Crippen LogP contribution >= 0.6 is 15.9 Å². The fourth-order valence-electron chi connectivity index (χ4n) is 3.63. The molecule has 1 aliphatic heterocycles. The Labute approximate surface area is 179 Å². The molecule has 0 fully saturated rings. The SMILES string of the molecule is COc1ccc([C@@H]2N=C(c3ccc(C)cc3)C[C@H](c3ccccc3O)N2)cc1Br. The molecule has 3 aromatic rings. The third kappa shape index (κ3) is 4.21. The number of aliphatic imine (C=N–C) groups is 1. The summed E-state index contributed by atoms with van der Waals surface area (Å²) in [5.41, 5.74) is 5.26. The second-order valence-electron chi connectivity index (χ2n) is 7.22. The lowest BCUT2D eigenvalue weighted by Crippen LogP contribution is -2.33. The van der Waals surface area contributed by atoms with Crippen LogP contribution in [0.25, 0.3) is 0 Å². The molecule has 0 bridgehead atoms. The number of ether oxygens (including phenoxy) is 1. The van der Waals surface area contributed by atoms with Gasteiger partial charge in [0.25, 0.3) is 0 Å². The molecule has 0 aliphatic carbocycles. The van der Waals surface area contributed by atoms with Crippen molar-refractivity contribution >= 4 is 21.6 Å². The Bertz CT molecular complexity index is 1050. The number of nitrogens with one attached hydrogen (secondary N) is 1. The van der Waals surface area contributed by atoms with E-state index in [4.69, 9.17) is 9.73 Å². The van der Waals surface area contributed by atoms with Gasteiger partial charge in [0.15, 0.2) is 0 Å². The minimum Gasteiger partial charge on any atom is -0.508 e. The average molecular weight is 451 g/mol. The molecule has 4 nitrogen and oxygen atoms in total. The van der Waals surface area contributed by atoms with Crippen LogP contribution in [0.3, 0.4) is 0 Å². The Morgan fingerprint density at radius 2 is 1.83 bits per heavy atom. The number of phenolic OH excluding ortho intramolecular Hbond substituents is 1. The maximum absolute atomic E-state index is 10.4. The molecule has 5 heteroatoms. The van der Waals surface area contributed by atoms with Crippen molar-refractivity contribution in [3.05, 3.63) is 93.5 Å². The van der Waals surface area contributed by atoms with E-state index in [0.717, 1.165) is 32.6 Å². The first-order valence-corrected chi connectivity index (χ1v) is 10.4. The Morgan fingerprint density at radius 1 is 1.07 bits per heavy atom. The monoisotopic (exact) mass is 450 g/mol. The molecule has 0 unspecified atom stereocenters. The molecule has 2 N–H and O–H groups in total. The molecule has 1 aliphatic rings. The molecule has 3 aromatic carbocycles. The van der Waals surface area contributed by atoms with E-state index in [1.807, 2.05) is 36.4 Å². The molecule has 148 valence electrons. The summed E-state index contributed by atoms with van der Waals surface area (Å²) in [5.74, 6) is 1.08. The van der Waals surface area contributed by atoms with Crippen LogP contribution in [0, 0.1) is 6.92 Å². The van der Waals surface area contributed by atoms with Crippen LogP contribution in [0.15, 0.2) is 76.2 Å². The number of para-hydroxylation sites is 1. The van der Waals surface area contributed by atoms with Crippen LogP contribution in [-0.2, 0) is 0 Å². The molecule has 0 amide bonds. The van der Waals surface area contributed by atoms with Gasteiger partial charge in [-0.2, -0.15) is 0 Å². The van der Waals surface area contributed by atoms with Crippen molar-refractivity contribution in [2.45, 2.75) is 25.6 Å². The second kappa shape index (κ2) is 8.39. The predicted octanol–water partition coefficient (Wildman–Crippen LogP) is 5.69. The van der Waals surface area contributed by atoms with Crippen molar-refractivity contribution in [2.24, 2.45) is 4.99 Å². The third-order valence-electron chi connectivity index (χ3n) is 5.23. The molecule has 0 saturated carbocycles. The summed E-state index contributed by atoms with van der Waals surface area (Å²) in [6.45, 7) is 2.08. The lowest BCUT2D eigenvalue weighted by Gasteiger charge is -2.31. The highest BCUT2D eigenvalue weighted by molar-refractivity contribution is 9.10. The number of halogens is 1. The van der Waals surface area contributed by atoms with Crippen LogP contribution in [0.4, 0.5) is 0 Å². The summed E-state index contributed by atoms with van der Waals surface area (Å²) in [4.78, 5) is 5.02. The van der Waals surface area contributed by atoms with E-state index in [2.05, 4.69) is 52.4 Å². The van der Waals surface area contributed by atoms with E-state index in [0.29, 0.717) is 12.2 Å². The van der Waals surface area contributed by atoms with Crippen LogP contribution in [0.2, 0.25) is 0 Å². The Kier molecular flexibility index (Phi) is 5.69. The van der Waals surface area contributed by atoms with Gasteiger partial charge >= 0.3 is 0 Å². The first kappa shape index (κ1) is 19.7. The zero-order chi connectivity index (χ0) is 20.4. The summed E-state index contributed by atoms with van der Waals surface area (Å²) in [6, 6.07) is 21.9. The minimum atomic E-state index is -0.230. The van der Waals surface area contributed by atoms with Gasteiger partial charge < -0.3 is 9.84 Å². The highest BCUT2D eigenvalue weighted by atomic mass is 79.9. The lowest BCUT2D eigenvalue weighted by molar-refractivity contribution is 0.406. The van der Waals surface area contributed by atoms with Crippen molar-refractivity contribution in [2.75, 3.05) is 7.11 Å². The third-order valence-corrected chi connectivity index (χ3v) is 5.85. The van der Waals surface area contributed by atoms with Crippen LogP contribution < -0.4 is 10.1 Å². The van der Waals surface area contributed by atoms with Gasteiger partial charge in [0, 0.05) is 23.7 Å². The first-order valence-electron chi connectivity index (χ1n) is 9.56. The number of benzene rings is 3. The van der Waals surface area contributed by atoms with E-state index < -0.39 is 0 Å². The molecule has 0 saturated heterocycles. The van der Waals surface area contributed by atoms with Crippen molar-refractivity contribution in [3.8, 4) is 11.5 Å². The smallest absolute Gasteiger partial charge is 0.133 e. The van der Waals surface area contributed by atoms with Crippen molar-refractivity contribution in [1.82, 2.24) is 5.32 Å². The molecule has 0 spiro atoms. The maximum Gasteiger partial charge on any atom is 0.133 e. The second-order valence-corrected chi connectivity index (χ2v) is 8.07. The van der Waals surface area contributed by atoms with Crippen LogP contribution in [0.1, 0.15) is 40.9 Å². The van der Waals surface area contributed by atoms with E-state index in [9.17, 15) is 5.11 Å². The zero-order valence-electron chi connectivity index (χ0n) is 16.4. The highest BCUT2D eigenvalue weighted by Gasteiger charge is 2.27. The number of hydrogen-bond donors (Lipinski definition) is 2. The van der Waals surface area contributed by atoms with Crippen molar-refractivity contribution in [3.63, 3.8) is 0 Å². The molecule has 1 heterocycles. The molecular formula is C24H23BrN2O2. The van der Waals surface area contributed by atoms with Crippen LogP contribution in [-0.4, -0.2) is 17.9 Å². The molecular weight excluding hydrogens is 428 g/mol. The number of aromatic hydroxyl groups is 1. The first-order chi connectivity index (χ1) is 14.0. The topological polar surface area (TPSA) is 53.9 Å². The standard InChI is InChI=1S/C24H23BrN2O2/c1-15-7-9-16(10-8-15)20-14-21(18-5-3-4-6-22(18)28)27-24(26-20)17-11-12-23(29-2)19(25)13-17/h3-13,21,24,27-28H,14H2,1-2H3/t21-,24-/m1/s1. The number of hydrogen-bond acceptors (Lipinski definition) is 4. The minimum absolute atomic E-state index is 0.0455. The fourth-order valence-corrected chi connectivity index (χ4v) is 4.19. The molecule has 0 radical (unpaired) electrons. The molecule has 4 rings (SSSR count). The summed E-state index contributed by atoms with van der Waals surface area (Å²) in [7, 11) is 1.65. The summed E-state index contributed by atoms with van der Waals surface area (Å²) in [6.07, 6.45) is 0.473. The Hall–Kier alpha value is -2.63. The summed E-state index contributed by atoms with van der Waals surface area (Å²) < 4.78 is 6.24. The number of phenols is 1. The molecule has 2 atom stereocenters. The van der Waals surface area contributed by atoms with Crippen LogP contribution in [0.5, 0.6) is 11.5 Å². The number of aryl methyl sites for hydroxylation is 1. The highest BCUT2D eigenvalue weighted by Crippen LogP contribution is 2.36. The quantitative estimate of drug-likeness (QED) is 0.536. The van der Waals surface area contributed by atoms with Gasteiger partial charge in [-0.25, -0.2) is 0 Å². The van der Waals surface area contributed by atoms with E-state index in [1.165, 1.54) is 5.56 Å². The normalized spacial score (nSPS) is 18.9. The predicted molar refractivity (Wildman–Crippen MR) is 120 cm³/mol. The van der Waals surface area contributed by atoms with Gasteiger partial charge in [-0.15, -0.1) is 0 Å². The molecule has 0 aromatic heterocycles. The van der Waals surface area contributed by atoms with Crippen molar-refractivity contribution < 1.29 is 9.84 Å². The van der Waals surface area contributed by atoms with E-state index in [-0.39, 0.29) is 12.2 Å². The zero-order valence-corrected chi connectivity index (χ0v) is 18.0. The fraction of sp³-hybridized carbons (Fsp3) is 0.208. The van der Waals surface area contributed by atoms with Gasteiger partial charge in [0.1, 0.15) is 17.7 Å².